The number of carbonyl (C=O) groups excluding carboxylic acids is 1. The lowest BCUT2D eigenvalue weighted by atomic mass is 10.0. The van der Waals surface area contributed by atoms with Crippen molar-refractivity contribution in [1.82, 2.24) is 4.90 Å². The molecule has 2 aromatic carbocycles. The minimum atomic E-state index is -0.0569. The second-order valence-corrected chi connectivity index (χ2v) is 5.90. The van der Waals surface area contributed by atoms with Crippen LogP contribution in [0.2, 0.25) is 0 Å². The van der Waals surface area contributed by atoms with E-state index < -0.39 is 0 Å². The van der Waals surface area contributed by atoms with E-state index in [1.54, 1.807) is 7.11 Å². The van der Waals surface area contributed by atoms with Crippen LogP contribution >= 0.6 is 0 Å². The number of methoxy groups -OCH3 is 1. The maximum absolute atomic E-state index is 12.5. The second-order valence-electron chi connectivity index (χ2n) is 5.90. The number of amides is 2. The molecular formula is C19H22N2O2. The van der Waals surface area contributed by atoms with Crippen LogP contribution in [-0.2, 0) is 0 Å². The largest absolute Gasteiger partial charge is 0.495 e. The van der Waals surface area contributed by atoms with E-state index in [4.69, 9.17) is 4.74 Å². The van der Waals surface area contributed by atoms with Crippen molar-refractivity contribution in [3.8, 4) is 16.9 Å². The number of hydrogen-bond donors (Lipinski definition) is 1. The Kier molecular flexibility index (Phi) is 4.51. The van der Waals surface area contributed by atoms with Crippen LogP contribution in [-0.4, -0.2) is 30.6 Å². The molecule has 1 heterocycles. The van der Waals surface area contributed by atoms with Gasteiger partial charge < -0.3 is 15.0 Å². The summed E-state index contributed by atoms with van der Waals surface area (Å²) in [7, 11) is 1.62. The summed E-state index contributed by atoms with van der Waals surface area (Å²) in [5, 5.41) is 3.01. The van der Waals surface area contributed by atoms with Crippen LogP contribution in [0.15, 0.2) is 48.5 Å². The highest BCUT2D eigenvalue weighted by atomic mass is 16.5. The fourth-order valence-corrected chi connectivity index (χ4v) is 3.04. The fourth-order valence-electron chi connectivity index (χ4n) is 3.04. The summed E-state index contributed by atoms with van der Waals surface area (Å²) >= 11 is 0. The molecule has 0 spiro atoms. The van der Waals surface area contributed by atoms with Crippen molar-refractivity contribution < 1.29 is 9.53 Å². The number of benzene rings is 2. The lowest BCUT2D eigenvalue weighted by Gasteiger charge is -2.22. The quantitative estimate of drug-likeness (QED) is 0.914. The molecule has 4 nitrogen and oxygen atoms in total. The number of likely N-dealkylation sites (tertiary alicyclic amines) is 1. The average molecular weight is 310 g/mol. The van der Waals surface area contributed by atoms with E-state index >= 15 is 0 Å². The van der Waals surface area contributed by atoms with Crippen LogP contribution in [0, 0.1) is 0 Å². The van der Waals surface area contributed by atoms with E-state index in [1.807, 2.05) is 41.3 Å². The Morgan fingerprint density at radius 1 is 1.17 bits per heavy atom. The summed E-state index contributed by atoms with van der Waals surface area (Å²) in [4.78, 5) is 14.4. The molecule has 0 radical (unpaired) electrons. The van der Waals surface area contributed by atoms with Crippen molar-refractivity contribution in [2.24, 2.45) is 0 Å². The molecule has 0 saturated carbocycles. The van der Waals surface area contributed by atoms with Gasteiger partial charge in [0.2, 0.25) is 0 Å². The Balaban J connectivity index is 1.86. The Bertz CT molecular complexity index is 685. The van der Waals surface area contributed by atoms with Gasteiger partial charge in [-0.15, -0.1) is 0 Å². The molecule has 1 N–H and O–H groups in total. The van der Waals surface area contributed by atoms with Crippen molar-refractivity contribution in [2.75, 3.05) is 19.0 Å². The zero-order valence-corrected chi connectivity index (χ0v) is 13.6. The van der Waals surface area contributed by atoms with Crippen LogP contribution in [0.3, 0.4) is 0 Å². The molecule has 0 aromatic heterocycles. The molecule has 1 atom stereocenters. The maximum atomic E-state index is 12.5. The minimum absolute atomic E-state index is 0.0569. The molecule has 1 fully saturated rings. The number of anilines is 1. The number of nitrogens with zero attached hydrogens (tertiary/aromatic N) is 1. The summed E-state index contributed by atoms with van der Waals surface area (Å²) in [6.45, 7) is 2.90. The summed E-state index contributed by atoms with van der Waals surface area (Å²) in [6.07, 6.45) is 2.13. The van der Waals surface area contributed by atoms with Gasteiger partial charge in [-0.2, -0.15) is 0 Å². The van der Waals surface area contributed by atoms with E-state index in [9.17, 15) is 4.79 Å². The van der Waals surface area contributed by atoms with E-state index in [2.05, 4.69) is 24.4 Å². The standard InChI is InChI=1S/C19H22N2O2/c1-14-7-6-12-21(14)19(22)20-17-13-16(10-11-18(17)23-2)15-8-4-3-5-9-15/h3-5,8-11,13-14H,6-7,12H2,1-2H3,(H,20,22)/t14-/m1/s1. The van der Waals surface area contributed by atoms with E-state index in [-0.39, 0.29) is 6.03 Å². The molecule has 1 saturated heterocycles. The Morgan fingerprint density at radius 3 is 2.61 bits per heavy atom. The Morgan fingerprint density at radius 2 is 1.96 bits per heavy atom. The number of urea groups is 1. The van der Waals surface area contributed by atoms with E-state index in [0.29, 0.717) is 17.5 Å². The Labute approximate surface area is 137 Å². The zero-order valence-electron chi connectivity index (χ0n) is 13.6. The van der Waals surface area contributed by atoms with Gasteiger partial charge in [0.05, 0.1) is 12.8 Å². The number of nitrogens with one attached hydrogen (secondary N) is 1. The van der Waals surface area contributed by atoms with Crippen molar-refractivity contribution in [1.29, 1.82) is 0 Å². The molecule has 2 aromatic rings. The van der Waals surface area contributed by atoms with E-state index in [0.717, 1.165) is 30.5 Å². The molecule has 120 valence electrons. The van der Waals surface area contributed by atoms with Gasteiger partial charge in [0.15, 0.2) is 0 Å². The van der Waals surface area contributed by atoms with Gasteiger partial charge >= 0.3 is 6.03 Å². The predicted octanol–water partition coefficient (Wildman–Crippen LogP) is 4.38. The molecule has 4 heteroatoms. The minimum Gasteiger partial charge on any atom is -0.495 e. The highest BCUT2D eigenvalue weighted by Gasteiger charge is 2.25. The van der Waals surface area contributed by atoms with E-state index in [1.165, 1.54) is 0 Å². The summed E-state index contributed by atoms with van der Waals surface area (Å²) in [6, 6.07) is 16.2. The molecule has 2 amide bonds. The number of rotatable bonds is 3. The van der Waals surface area contributed by atoms with Crippen LogP contribution in [0.4, 0.5) is 10.5 Å². The molecule has 23 heavy (non-hydrogen) atoms. The van der Waals surface area contributed by atoms with Gasteiger partial charge in [0.25, 0.3) is 0 Å². The smallest absolute Gasteiger partial charge is 0.322 e. The van der Waals surface area contributed by atoms with Crippen LogP contribution in [0.1, 0.15) is 19.8 Å². The topological polar surface area (TPSA) is 41.6 Å². The van der Waals surface area contributed by atoms with Gasteiger partial charge in [0.1, 0.15) is 5.75 Å². The van der Waals surface area contributed by atoms with Crippen LogP contribution < -0.4 is 10.1 Å². The predicted molar refractivity (Wildman–Crippen MR) is 92.9 cm³/mol. The molecule has 3 rings (SSSR count). The average Bonchev–Trinajstić information content (AvgIpc) is 3.02. The van der Waals surface area contributed by atoms with Crippen molar-refractivity contribution >= 4 is 11.7 Å². The first kappa shape index (κ1) is 15.4. The molecule has 0 unspecified atom stereocenters. The summed E-state index contributed by atoms with van der Waals surface area (Å²) in [5.74, 6) is 0.671. The number of ether oxygens (including phenoxy) is 1. The van der Waals surface area contributed by atoms with Gasteiger partial charge in [-0.25, -0.2) is 4.79 Å². The highest BCUT2D eigenvalue weighted by Crippen LogP contribution is 2.31. The van der Waals surface area contributed by atoms with Crippen molar-refractivity contribution in [3.05, 3.63) is 48.5 Å². The molecule has 1 aliphatic rings. The monoisotopic (exact) mass is 310 g/mol. The lowest BCUT2D eigenvalue weighted by Crippen LogP contribution is -2.37. The maximum Gasteiger partial charge on any atom is 0.322 e. The molecule has 1 aliphatic heterocycles. The zero-order chi connectivity index (χ0) is 16.2. The normalized spacial score (nSPS) is 17.1. The SMILES string of the molecule is COc1ccc(-c2ccccc2)cc1NC(=O)N1CCC[C@H]1C. The van der Waals surface area contributed by atoms with Gasteiger partial charge in [0, 0.05) is 12.6 Å². The summed E-state index contributed by atoms with van der Waals surface area (Å²) in [5.41, 5.74) is 2.87. The van der Waals surface area contributed by atoms with Gasteiger partial charge in [-0.3, -0.25) is 0 Å². The Hall–Kier alpha value is -2.49. The lowest BCUT2D eigenvalue weighted by molar-refractivity contribution is 0.210. The van der Waals surface area contributed by atoms with Crippen LogP contribution in [0.25, 0.3) is 11.1 Å². The molecule has 0 aliphatic carbocycles. The third-order valence-electron chi connectivity index (χ3n) is 4.36. The summed E-state index contributed by atoms with van der Waals surface area (Å²) < 4.78 is 5.39. The molecular weight excluding hydrogens is 288 g/mol. The first-order valence-corrected chi connectivity index (χ1v) is 8.00. The molecule has 0 bridgehead atoms. The number of carbonyl (C=O) groups is 1. The fraction of sp³-hybridized carbons (Fsp3) is 0.316. The third-order valence-corrected chi connectivity index (χ3v) is 4.36. The second kappa shape index (κ2) is 6.73. The first-order chi connectivity index (χ1) is 11.2. The van der Waals surface area contributed by atoms with Gasteiger partial charge in [-0.1, -0.05) is 36.4 Å². The first-order valence-electron chi connectivity index (χ1n) is 8.00. The number of hydrogen-bond acceptors (Lipinski definition) is 2. The van der Waals surface area contributed by atoms with Crippen molar-refractivity contribution in [3.63, 3.8) is 0 Å². The third kappa shape index (κ3) is 3.31. The van der Waals surface area contributed by atoms with Gasteiger partial charge in [-0.05, 0) is 43.0 Å². The van der Waals surface area contributed by atoms with Crippen LogP contribution in [0.5, 0.6) is 5.75 Å². The highest BCUT2D eigenvalue weighted by molar-refractivity contribution is 5.92. The van der Waals surface area contributed by atoms with Crippen molar-refractivity contribution in [2.45, 2.75) is 25.8 Å².